The molecule has 1 aliphatic rings. The molecule has 1 heterocycles. The molecule has 4 aromatic carbocycles. The lowest BCUT2D eigenvalue weighted by atomic mass is 9.98. The van der Waals surface area contributed by atoms with Crippen LogP contribution in [0.5, 0.6) is 0 Å². The number of aldehydes is 2. The van der Waals surface area contributed by atoms with Crippen molar-refractivity contribution in [3.05, 3.63) is 131 Å². The molecule has 182 valence electrons. The number of hydrogen-bond donors (Lipinski definition) is 0. The van der Waals surface area contributed by atoms with Gasteiger partial charge in [-0.15, -0.1) is 0 Å². The van der Waals surface area contributed by atoms with Gasteiger partial charge in [0.25, 0.3) is 0 Å². The Morgan fingerprint density at radius 3 is 1.16 bits per heavy atom. The third-order valence-corrected chi connectivity index (χ3v) is 6.86. The van der Waals surface area contributed by atoms with Crippen molar-refractivity contribution in [1.82, 2.24) is 0 Å². The molecule has 0 fully saturated rings. The highest BCUT2D eigenvalue weighted by Crippen LogP contribution is 2.42. The maximum atomic E-state index is 11.8. The summed E-state index contributed by atoms with van der Waals surface area (Å²) in [4.78, 5) is 23.7. The van der Waals surface area contributed by atoms with Crippen molar-refractivity contribution in [3.8, 4) is 44.9 Å². The first-order chi connectivity index (χ1) is 18.7. The second-order valence-corrected chi connectivity index (χ2v) is 9.33. The summed E-state index contributed by atoms with van der Waals surface area (Å²) in [6, 6.07) is 36.8. The smallest absolute Gasteiger partial charge is 0.146 e. The van der Waals surface area contributed by atoms with Gasteiger partial charge in [-0.05, 0) is 45.6 Å². The van der Waals surface area contributed by atoms with Gasteiger partial charge in [0.15, 0.2) is 0 Å². The molecular formula is C35H24O3. The highest BCUT2D eigenvalue weighted by Gasteiger charge is 2.23. The first-order valence-electron chi connectivity index (χ1n) is 12.5. The minimum atomic E-state index is 0.292. The fourth-order valence-corrected chi connectivity index (χ4v) is 4.92. The Hall–Kier alpha value is -5.02. The number of hydrogen-bond acceptors (Lipinski definition) is 3. The maximum Gasteiger partial charge on any atom is 0.146 e. The Labute approximate surface area is 221 Å². The molecule has 0 unspecified atom stereocenters. The molecule has 5 aromatic rings. The molecule has 0 saturated carbocycles. The summed E-state index contributed by atoms with van der Waals surface area (Å²) in [5, 5.41) is 0. The molecule has 0 amide bonds. The molecule has 0 bridgehead atoms. The molecule has 0 aliphatic heterocycles. The minimum Gasteiger partial charge on any atom is -0.455 e. The van der Waals surface area contributed by atoms with Gasteiger partial charge in [-0.1, -0.05) is 109 Å². The van der Waals surface area contributed by atoms with Crippen molar-refractivity contribution in [2.24, 2.45) is 0 Å². The standard InChI is InChI=1S/C35H24O3/c36-22-24-19-25(23-37)21-33-32(20-24)34(30-15-11-28(12-16-30)26-7-3-1-4-8-26)38-35(33)31-17-13-29(14-18-31)27-9-5-2-6-10-27/h1-18,20-23H,19H2. The lowest BCUT2D eigenvalue weighted by Gasteiger charge is -2.05. The van der Waals surface area contributed by atoms with E-state index in [9.17, 15) is 9.59 Å². The van der Waals surface area contributed by atoms with Crippen molar-refractivity contribution in [1.29, 1.82) is 0 Å². The maximum absolute atomic E-state index is 11.8. The Bertz CT molecular complexity index is 1540. The van der Waals surface area contributed by atoms with Crippen LogP contribution in [-0.2, 0) is 9.59 Å². The lowest BCUT2D eigenvalue weighted by molar-refractivity contribution is -0.105. The number of furan rings is 1. The largest absolute Gasteiger partial charge is 0.455 e. The zero-order valence-electron chi connectivity index (χ0n) is 20.6. The molecule has 3 nitrogen and oxygen atoms in total. The summed E-state index contributed by atoms with van der Waals surface area (Å²) in [7, 11) is 0. The van der Waals surface area contributed by atoms with E-state index in [1.807, 2.05) is 72.8 Å². The van der Waals surface area contributed by atoms with Crippen LogP contribution in [0.25, 0.3) is 57.1 Å². The number of carbonyl (C=O) groups is 2. The van der Waals surface area contributed by atoms with Crippen molar-refractivity contribution in [2.75, 3.05) is 0 Å². The lowest BCUT2D eigenvalue weighted by Crippen LogP contribution is -1.89. The van der Waals surface area contributed by atoms with E-state index >= 15 is 0 Å². The minimum absolute atomic E-state index is 0.292. The number of allylic oxidation sites excluding steroid dienone is 2. The Balaban J connectivity index is 1.49. The van der Waals surface area contributed by atoms with E-state index in [1.165, 1.54) is 0 Å². The van der Waals surface area contributed by atoms with Gasteiger partial charge in [-0.3, -0.25) is 9.59 Å². The van der Waals surface area contributed by atoms with E-state index in [0.29, 0.717) is 29.1 Å². The molecular weight excluding hydrogens is 468 g/mol. The summed E-state index contributed by atoms with van der Waals surface area (Å²) >= 11 is 0. The molecule has 1 aromatic heterocycles. The average molecular weight is 493 g/mol. The van der Waals surface area contributed by atoms with E-state index in [-0.39, 0.29) is 0 Å². The number of benzene rings is 4. The Morgan fingerprint density at radius 1 is 0.447 bits per heavy atom. The number of fused-ring (bicyclic) bond motifs is 1. The molecule has 0 spiro atoms. The third kappa shape index (κ3) is 4.46. The van der Waals surface area contributed by atoms with E-state index < -0.39 is 0 Å². The monoisotopic (exact) mass is 492 g/mol. The predicted octanol–water partition coefficient (Wildman–Crippen LogP) is 8.52. The molecule has 1 aliphatic carbocycles. The van der Waals surface area contributed by atoms with Gasteiger partial charge < -0.3 is 4.42 Å². The summed E-state index contributed by atoms with van der Waals surface area (Å²) < 4.78 is 6.55. The molecule has 3 heteroatoms. The van der Waals surface area contributed by atoms with Crippen molar-refractivity contribution in [2.45, 2.75) is 6.42 Å². The van der Waals surface area contributed by atoms with Gasteiger partial charge in [-0.25, -0.2) is 0 Å². The van der Waals surface area contributed by atoms with Gasteiger partial charge in [-0.2, -0.15) is 0 Å². The molecule has 38 heavy (non-hydrogen) atoms. The third-order valence-electron chi connectivity index (χ3n) is 6.86. The Morgan fingerprint density at radius 2 is 0.789 bits per heavy atom. The highest BCUT2D eigenvalue weighted by atomic mass is 16.3. The average Bonchev–Trinajstić information content (AvgIpc) is 3.23. The SMILES string of the molecule is O=CC1=Cc2c(-c3ccc(-c4ccccc4)cc3)oc(-c3ccc(-c4ccccc4)cc3)c2C=C(C=O)C1. The second kappa shape index (κ2) is 10.2. The summed E-state index contributed by atoms with van der Waals surface area (Å²) in [6.07, 6.45) is 5.62. The summed E-state index contributed by atoms with van der Waals surface area (Å²) in [6.45, 7) is 0. The fourth-order valence-electron chi connectivity index (χ4n) is 4.92. The number of carbonyl (C=O) groups excluding carboxylic acids is 2. The van der Waals surface area contributed by atoms with Gasteiger partial charge in [0.2, 0.25) is 0 Å². The quantitative estimate of drug-likeness (QED) is 0.223. The fraction of sp³-hybridized carbons (Fsp3) is 0.0286. The van der Waals surface area contributed by atoms with Crippen molar-refractivity contribution >= 4 is 24.7 Å². The van der Waals surface area contributed by atoms with Crippen molar-refractivity contribution in [3.63, 3.8) is 0 Å². The zero-order valence-corrected chi connectivity index (χ0v) is 20.6. The molecule has 0 saturated heterocycles. The van der Waals surface area contributed by atoms with Crippen LogP contribution in [-0.4, -0.2) is 12.6 Å². The summed E-state index contributed by atoms with van der Waals surface area (Å²) in [5.74, 6) is 1.34. The van der Waals surface area contributed by atoms with Crippen LogP contribution in [0.15, 0.2) is 125 Å². The Kier molecular flexibility index (Phi) is 6.25. The number of rotatable bonds is 6. The van der Waals surface area contributed by atoms with Crippen LogP contribution in [0.3, 0.4) is 0 Å². The van der Waals surface area contributed by atoms with Crippen LogP contribution in [0, 0.1) is 0 Å². The molecule has 0 N–H and O–H groups in total. The van der Waals surface area contributed by atoms with Gasteiger partial charge in [0, 0.05) is 28.7 Å². The normalized spacial score (nSPS) is 12.6. The van der Waals surface area contributed by atoms with E-state index in [1.54, 1.807) is 0 Å². The summed E-state index contributed by atoms with van der Waals surface area (Å²) in [5.41, 5.74) is 8.97. The van der Waals surface area contributed by atoms with Gasteiger partial charge in [0.05, 0.1) is 0 Å². The van der Waals surface area contributed by atoms with E-state index in [4.69, 9.17) is 4.42 Å². The second-order valence-electron chi connectivity index (χ2n) is 9.33. The molecule has 0 atom stereocenters. The van der Waals surface area contributed by atoms with Crippen LogP contribution >= 0.6 is 0 Å². The first-order valence-corrected chi connectivity index (χ1v) is 12.5. The zero-order chi connectivity index (χ0) is 25.9. The van der Waals surface area contributed by atoms with Crippen LogP contribution < -0.4 is 0 Å². The molecule has 6 rings (SSSR count). The molecule has 0 radical (unpaired) electrons. The van der Waals surface area contributed by atoms with Crippen molar-refractivity contribution < 1.29 is 14.0 Å². The topological polar surface area (TPSA) is 47.3 Å². The predicted molar refractivity (Wildman–Crippen MR) is 153 cm³/mol. The van der Waals surface area contributed by atoms with Gasteiger partial charge in [0.1, 0.15) is 24.1 Å². The van der Waals surface area contributed by atoms with Crippen LogP contribution in [0.2, 0.25) is 0 Å². The van der Waals surface area contributed by atoms with Crippen LogP contribution in [0.1, 0.15) is 17.5 Å². The van der Waals surface area contributed by atoms with E-state index in [0.717, 1.165) is 57.1 Å². The van der Waals surface area contributed by atoms with Crippen LogP contribution in [0.4, 0.5) is 0 Å². The first kappa shape index (κ1) is 23.4. The highest BCUT2D eigenvalue weighted by molar-refractivity contribution is 5.98. The van der Waals surface area contributed by atoms with E-state index in [2.05, 4.69) is 48.5 Å². The van der Waals surface area contributed by atoms with Gasteiger partial charge >= 0.3 is 0 Å².